The summed E-state index contributed by atoms with van der Waals surface area (Å²) in [6.07, 6.45) is 4.27. The van der Waals surface area contributed by atoms with Crippen LogP contribution in [0.4, 0.5) is 0 Å². The number of hydrazine groups is 1. The zero-order valence-electron chi connectivity index (χ0n) is 10.2. The average molecular weight is 213 g/mol. The summed E-state index contributed by atoms with van der Waals surface area (Å²) < 4.78 is 0. The summed E-state index contributed by atoms with van der Waals surface area (Å²) >= 11 is 0. The number of nitrogens with two attached hydrogens (primary N) is 2. The summed E-state index contributed by atoms with van der Waals surface area (Å²) in [5.74, 6) is 5.79. The number of carbonyl (C=O) groups excluding carboxylic acids is 1. The van der Waals surface area contributed by atoms with Crippen LogP contribution in [0.25, 0.3) is 0 Å². The van der Waals surface area contributed by atoms with E-state index < -0.39 is 0 Å². The lowest BCUT2D eigenvalue weighted by Gasteiger charge is -2.32. The van der Waals surface area contributed by atoms with Gasteiger partial charge < -0.3 is 15.5 Å². The van der Waals surface area contributed by atoms with Crippen LogP contribution in [-0.4, -0.2) is 17.3 Å². The Kier molecular flexibility index (Phi) is 5.36. The van der Waals surface area contributed by atoms with Gasteiger partial charge in [0, 0.05) is 11.9 Å². The summed E-state index contributed by atoms with van der Waals surface area (Å²) in [6, 6.07) is -0.354. The van der Waals surface area contributed by atoms with E-state index in [9.17, 15) is 4.79 Å². The van der Waals surface area contributed by atoms with E-state index in [1.165, 1.54) is 5.01 Å². The monoisotopic (exact) mass is 213 g/mol. The Labute approximate surface area is 92.3 Å². The minimum absolute atomic E-state index is 0.195. The summed E-state index contributed by atoms with van der Waals surface area (Å²) in [5.41, 5.74) is 6.25. The minimum Gasteiger partial charge on any atom is -0.401 e. The van der Waals surface area contributed by atoms with E-state index >= 15 is 0 Å². The lowest BCUT2D eigenvalue weighted by Crippen LogP contribution is -2.46. The van der Waals surface area contributed by atoms with E-state index in [1.54, 1.807) is 6.20 Å². The highest BCUT2D eigenvalue weighted by atomic mass is 16.1. The van der Waals surface area contributed by atoms with Crippen molar-refractivity contribution in [2.24, 2.45) is 17.0 Å². The van der Waals surface area contributed by atoms with Crippen molar-refractivity contribution < 1.29 is 4.79 Å². The Bertz CT molecular complexity index is 230. The van der Waals surface area contributed by atoms with Gasteiger partial charge in [-0.2, -0.15) is 0 Å². The van der Waals surface area contributed by atoms with Crippen molar-refractivity contribution in [3.05, 3.63) is 11.9 Å². The van der Waals surface area contributed by atoms with Gasteiger partial charge in [-0.05, 0) is 11.8 Å². The van der Waals surface area contributed by atoms with Gasteiger partial charge in [-0.1, -0.05) is 34.1 Å². The van der Waals surface area contributed by atoms with Gasteiger partial charge in [0.25, 0.3) is 0 Å². The fourth-order valence-corrected chi connectivity index (χ4v) is 1.35. The first-order valence-electron chi connectivity index (χ1n) is 5.27. The molecule has 15 heavy (non-hydrogen) atoms. The Morgan fingerprint density at radius 3 is 2.33 bits per heavy atom. The van der Waals surface area contributed by atoms with Crippen molar-refractivity contribution in [2.45, 2.75) is 46.6 Å². The fraction of sp³-hybridized carbons (Fsp3) is 0.727. The number of hydrogen-bond acceptors (Lipinski definition) is 4. The van der Waals surface area contributed by atoms with Gasteiger partial charge in [0.15, 0.2) is 0 Å². The summed E-state index contributed by atoms with van der Waals surface area (Å²) in [5, 5.41) is 1.40. The molecule has 4 heteroatoms. The molecule has 0 saturated carbocycles. The maximum absolute atomic E-state index is 10.9. The van der Waals surface area contributed by atoms with Crippen LogP contribution in [0.2, 0.25) is 0 Å². The van der Waals surface area contributed by atoms with Gasteiger partial charge in [-0.3, -0.25) is 0 Å². The minimum atomic E-state index is -0.354. The summed E-state index contributed by atoms with van der Waals surface area (Å²) in [7, 11) is 0. The second kappa shape index (κ2) is 5.75. The Morgan fingerprint density at radius 2 is 2.00 bits per heavy atom. The van der Waals surface area contributed by atoms with Crippen molar-refractivity contribution in [1.82, 2.24) is 5.01 Å². The maximum atomic E-state index is 10.9. The molecule has 1 atom stereocenters. The van der Waals surface area contributed by atoms with Gasteiger partial charge in [0.05, 0.1) is 0 Å². The summed E-state index contributed by atoms with van der Waals surface area (Å²) in [6.45, 7) is 7.95. The van der Waals surface area contributed by atoms with Crippen LogP contribution in [0.5, 0.6) is 0 Å². The Morgan fingerprint density at radius 1 is 1.47 bits per heavy atom. The Balaban J connectivity index is 4.60. The molecule has 0 aliphatic heterocycles. The normalized spacial score (nSPS) is 14.9. The van der Waals surface area contributed by atoms with Crippen molar-refractivity contribution >= 4 is 6.29 Å². The third-order valence-corrected chi connectivity index (χ3v) is 2.19. The molecule has 0 spiro atoms. The topological polar surface area (TPSA) is 72.3 Å². The number of allylic oxidation sites excluding steroid dienone is 1. The van der Waals surface area contributed by atoms with Crippen LogP contribution in [-0.2, 0) is 4.79 Å². The van der Waals surface area contributed by atoms with Crippen molar-refractivity contribution in [3.8, 4) is 0 Å². The third-order valence-electron chi connectivity index (χ3n) is 2.19. The molecule has 4 nitrogen and oxygen atoms in total. The molecule has 0 saturated heterocycles. The number of hydrogen-bond donors (Lipinski definition) is 2. The van der Waals surface area contributed by atoms with Crippen molar-refractivity contribution in [3.63, 3.8) is 0 Å². The predicted molar refractivity (Wildman–Crippen MR) is 62.5 cm³/mol. The van der Waals surface area contributed by atoms with Crippen LogP contribution in [0.3, 0.4) is 0 Å². The molecular formula is C11H23N3O. The van der Waals surface area contributed by atoms with E-state index in [0.29, 0.717) is 5.70 Å². The van der Waals surface area contributed by atoms with E-state index in [4.69, 9.17) is 11.6 Å². The molecule has 0 radical (unpaired) electrons. The predicted octanol–water partition coefficient (Wildman–Crippen LogP) is 1.38. The largest absolute Gasteiger partial charge is 0.401 e. The van der Waals surface area contributed by atoms with Crippen molar-refractivity contribution in [1.29, 1.82) is 0 Å². The molecule has 0 aromatic rings. The van der Waals surface area contributed by atoms with E-state index in [-0.39, 0.29) is 11.5 Å². The van der Waals surface area contributed by atoms with E-state index in [0.717, 1.165) is 19.1 Å². The molecule has 0 rings (SSSR count). The number of carbonyl (C=O) groups is 1. The SMILES string of the molecule is CCC/C(N)=C/N(N)C(C=O)C(C)(C)C. The molecule has 0 bridgehead atoms. The molecule has 0 aliphatic rings. The molecular weight excluding hydrogens is 190 g/mol. The highest BCUT2D eigenvalue weighted by Gasteiger charge is 2.27. The molecule has 0 aromatic carbocycles. The highest BCUT2D eigenvalue weighted by Crippen LogP contribution is 2.21. The van der Waals surface area contributed by atoms with Gasteiger partial charge in [-0.25, -0.2) is 5.84 Å². The lowest BCUT2D eigenvalue weighted by atomic mass is 9.87. The maximum Gasteiger partial charge on any atom is 0.144 e. The first kappa shape index (κ1) is 14.0. The van der Waals surface area contributed by atoms with E-state index in [1.807, 2.05) is 27.7 Å². The van der Waals surface area contributed by atoms with Crippen LogP contribution in [0.1, 0.15) is 40.5 Å². The molecule has 0 heterocycles. The molecule has 0 aromatic heterocycles. The van der Waals surface area contributed by atoms with Gasteiger partial charge >= 0.3 is 0 Å². The van der Waals surface area contributed by atoms with Gasteiger partial charge in [-0.15, -0.1) is 0 Å². The molecule has 4 N–H and O–H groups in total. The Hall–Kier alpha value is -1.03. The quantitative estimate of drug-likeness (QED) is 0.411. The number of nitrogens with zero attached hydrogens (tertiary/aromatic N) is 1. The summed E-state index contributed by atoms with van der Waals surface area (Å²) in [4.78, 5) is 10.9. The highest BCUT2D eigenvalue weighted by molar-refractivity contribution is 5.59. The first-order chi connectivity index (χ1) is 6.82. The zero-order valence-corrected chi connectivity index (χ0v) is 10.2. The van der Waals surface area contributed by atoms with Crippen LogP contribution in [0, 0.1) is 5.41 Å². The smallest absolute Gasteiger partial charge is 0.144 e. The van der Waals surface area contributed by atoms with Crippen LogP contribution >= 0.6 is 0 Å². The zero-order chi connectivity index (χ0) is 12.1. The van der Waals surface area contributed by atoms with Gasteiger partial charge in [0.1, 0.15) is 12.3 Å². The molecule has 1 unspecified atom stereocenters. The second-order valence-corrected chi connectivity index (χ2v) is 4.85. The van der Waals surface area contributed by atoms with Crippen molar-refractivity contribution in [2.75, 3.05) is 0 Å². The van der Waals surface area contributed by atoms with Crippen LogP contribution < -0.4 is 11.6 Å². The number of aldehydes is 1. The van der Waals surface area contributed by atoms with Crippen LogP contribution in [0.15, 0.2) is 11.9 Å². The standard InChI is InChI=1S/C11H23N3O/c1-5-6-9(12)7-14(13)10(8-15)11(2,3)4/h7-8,10H,5-6,12-13H2,1-4H3/b9-7-. The molecule has 88 valence electrons. The second-order valence-electron chi connectivity index (χ2n) is 4.85. The van der Waals surface area contributed by atoms with Gasteiger partial charge in [0.2, 0.25) is 0 Å². The lowest BCUT2D eigenvalue weighted by molar-refractivity contribution is -0.114. The average Bonchev–Trinajstić information content (AvgIpc) is 2.02. The number of rotatable bonds is 5. The van der Waals surface area contributed by atoms with E-state index in [2.05, 4.69) is 0 Å². The molecule has 0 fully saturated rings. The molecule has 0 aliphatic carbocycles. The molecule has 0 amide bonds. The fourth-order valence-electron chi connectivity index (χ4n) is 1.35. The third kappa shape index (κ3) is 4.83. The first-order valence-corrected chi connectivity index (χ1v) is 5.27.